The Hall–Kier alpha value is -0.580. The number of hydrogen-bond donors (Lipinski definition) is 1. The Morgan fingerprint density at radius 3 is 2.76 bits per heavy atom. The van der Waals surface area contributed by atoms with Crippen molar-refractivity contribution in [1.29, 1.82) is 0 Å². The zero-order chi connectivity index (χ0) is 13.9. The van der Waals surface area contributed by atoms with Crippen LogP contribution < -0.4 is 5.73 Å². The van der Waals surface area contributed by atoms with Gasteiger partial charge in [0.2, 0.25) is 0 Å². The maximum atomic E-state index is 12.7. The molecule has 1 saturated heterocycles. The van der Waals surface area contributed by atoms with Crippen molar-refractivity contribution in [2.45, 2.75) is 57.4 Å². The van der Waals surface area contributed by atoms with Gasteiger partial charge in [0.1, 0.15) is 0 Å². The summed E-state index contributed by atoms with van der Waals surface area (Å²) in [6.45, 7) is 1.47. The first kappa shape index (κ1) is 16.8. The van der Waals surface area contributed by atoms with E-state index in [0.717, 1.165) is 37.1 Å². The molecule has 1 aromatic heterocycles. The summed E-state index contributed by atoms with van der Waals surface area (Å²) < 4.78 is 0. The van der Waals surface area contributed by atoms with Gasteiger partial charge < -0.3 is 10.6 Å². The molecule has 1 aliphatic heterocycles. The van der Waals surface area contributed by atoms with Crippen LogP contribution in [0.3, 0.4) is 0 Å². The molecule has 118 valence electrons. The average Bonchev–Trinajstić information content (AvgIpc) is 3.04. The highest BCUT2D eigenvalue weighted by atomic mass is 35.5. The first-order valence-electron chi connectivity index (χ1n) is 7.92. The highest BCUT2D eigenvalue weighted by molar-refractivity contribution is 7.14. The largest absolute Gasteiger partial charge is 0.334 e. The molecule has 2 heterocycles. The van der Waals surface area contributed by atoms with Crippen molar-refractivity contribution in [3.05, 3.63) is 21.4 Å². The van der Waals surface area contributed by atoms with Gasteiger partial charge in [0.15, 0.2) is 0 Å². The summed E-state index contributed by atoms with van der Waals surface area (Å²) in [6.07, 6.45) is 9.68. The Kier molecular flexibility index (Phi) is 6.08. The molecule has 1 atom stereocenters. The standard InChI is InChI=1S/C16H24N2OS.ClH/c17-11-13-7-5-9-18(13)16(19)15-10-12-6-3-1-2-4-8-14(12)20-15;/h10,13H,1-9,11,17H2;1H. The minimum atomic E-state index is 0. The number of hydrogen-bond acceptors (Lipinski definition) is 3. The predicted octanol–water partition coefficient (Wildman–Crippen LogP) is 3.39. The molecular formula is C16H25ClN2OS. The molecule has 1 aromatic rings. The summed E-state index contributed by atoms with van der Waals surface area (Å²) in [7, 11) is 0. The Morgan fingerprint density at radius 2 is 2.00 bits per heavy atom. The SMILES string of the molecule is Cl.NCC1CCCN1C(=O)c1cc2c(s1)CCCCCC2. The molecule has 0 radical (unpaired) electrons. The first-order chi connectivity index (χ1) is 9.79. The van der Waals surface area contributed by atoms with Gasteiger partial charge in [0.25, 0.3) is 5.91 Å². The fourth-order valence-electron chi connectivity index (χ4n) is 3.44. The summed E-state index contributed by atoms with van der Waals surface area (Å²) >= 11 is 1.73. The minimum absolute atomic E-state index is 0. The monoisotopic (exact) mass is 328 g/mol. The van der Waals surface area contributed by atoms with Crippen molar-refractivity contribution in [3.63, 3.8) is 0 Å². The Balaban J connectivity index is 0.00000161. The van der Waals surface area contributed by atoms with E-state index in [1.165, 1.54) is 36.1 Å². The number of thiophene rings is 1. The average molecular weight is 329 g/mol. The number of nitrogens with two attached hydrogens (primary N) is 1. The summed E-state index contributed by atoms with van der Waals surface area (Å²) in [5, 5.41) is 0. The third-order valence-corrected chi connectivity index (χ3v) is 5.84. The van der Waals surface area contributed by atoms with Gasteiger partial charge in [0, 0.05) is 24.0 Å². The third-order valence-electron chi connectivity index (χ3n) is 4.62. The summed E-state index contributed by atoms with van der Waals surface area (Å²) in [6, 6.07) is 2.42. The topological polar surface area (TPSA) is 46.3 Å². The number of aryl methyl sites for hydroxylation is 2. The highest BCUT2D eigenvalue weighted by Crippen LogP contribution is 2.30. The number of likely N-dealkylation sites (tertiary alicyclic amines) is 1. The van der Waals surface area contributed by atoms with Crippen molar-refractivity contribution < 1.29 is 4.79 Å². The zero-order valence-electron chi connectivity index (χ0n) is 12.5. The second-order valence-electron chi connectivity index (χ2n) is 6.00. The number of rotatable bonds is 2. The van der Waals surface area contributed by atoms with Crippen LogP contribution in [0.4, 0.5) is 0 Å². The van der Waals surface area contributed by atoms with Crippen molar-refractivity contribution >= 4 is 29.7 Å². The molecule has 1 unspecified atom stereocenters. The zero-order valence-corrected chi connectivity index (χ0v) is 14.1. The van der Waals surface area contributed by atoms with Gasteiger partial charge in [-0.25, -0.2) is 0 Å². The lowest BCUT2D eigenvalue weighted by Crippen LogP contribution is -2.39. The van der Waals surface area contributed by atoms with Gasteiger partial charge in [-0.05, 0) is 50.2 Å². The quantitative estimate of drug-likeness (QED) is 0.904. The molecule has 1 amide bonds. The number of fused-ring (bicyclic) bond motifs is 1. The van der Waals surface area contributed by atoms with Crippen LogP contribution in [0.2, 0.25) is 0 Å². The van der Waals surface area contributed by atoms with Gasteiger partial charge in [0.05, 0.1) is 4.88 Å². The van der Waals surface area contributed by atoms with Crippen molar-refractivity contribution in [2.24, 2.45) is 5.73 Å². The van der Waals surface area contributed by atoms with Crippen LogP contribution in [0, 0.1) is 0 Å². The number of amides is 1. The van der Waals surface area contributed by atoms with E-state index in [1.807, 2.05) is 4.90 Å². The van der Waals surface area contributed by atoms with Crippen molar-refractivity contribution in [3.8, 4) is 0 Å². The summed E-state index contributed by atoms with van der Waals surface area (Å²) in [4.78, 5) is 17.1. The molecular weight excluding hydrogens is 304 g/mol. The van der Waals surface area contributed by atoms with E-state index in [-0.39, 0.29) is 24.4 Å². The van der Waals surface area contributed by atoms with Crippen molar-refractivity contribution in [1.82, 2.24) is 4.90 Å². The molecule has 2 aliphatic rings. The predicted molar refractivity (Wildman–Crippen MR) is 90.6 cm³/mol. The van der Waals surface area contributed by atoms with Gasteiger partial charge in [-0.15, -0.1) is 23.7 Å². The lowest BCUT2D eigenvalue weighted by molar-refractivity contribution is 0.0746. The second-order valence-corrected chi connectivity index (χ2v) is 7.14. The van der Waals surface area contributed by atoms with E-state index < -0.39 is 0 Å². The Labute approximate surface area is 137 Å². The fourth-order valence-corrected chi connectivity index (χ4v) is 4.65. The van der Waals surface area contributed by atoms with Crippen LogP contribution in [0.1, 0.15) is 58.6 Å². The van der Waals surface area contributed by atoms with Crippen LogP contribution in [-0.2, 0) is 12.8 Å². The molecule has 21 heavy (non-hydrogen) atoms. The Morgan fingerprint density at radius 1 is 1.24 bits per heavy atom. The third kappa shape index (κ3) is 3.61. The fraction of sp³-hybridized carbons (Fsp3) is 0.688. The number of carbonyl (C=O) groups is 1. The molecule has 1 aliphatic carbocycles. The van der Waals surface area contributed by atoms with Crippen LogP contribution in [-0.4, -0.2) is 29.9 Å². The van der Waals surface area contributed by atoms with E-state index in [4.69, 9.17) is 5.73 Å². The molecule has 5 heteroatoms. The van der Waals surface area contributed by atoms with Crippen molar-refractivity contribution in [2.75, 3.05) is 13.1 Å². The summed E-state index contributed by atoms with van der Waals surface area (Å²) in [5.41, 5.74) is 7.22. The summed E-state index contributed by atoms with van der Waals surface area (Å²) in [5.74, 6) is 0.217. The molecule has 0 bridgehead atoms. The lowest BCUT2D eigenvalue weighted by Gasteiger charge is -2.22. The smallest absolute Gasteiger partial charge is 0.264 e. The number of halogens is 1. The molecule has 2 N–H and O–H groups in total. The number of nitrogens with zero attached hydrogens (tertiary/aromatic N) is 1. The van der Waals surface area contributed by atoms with E-state index >= 15 is 0 Å². The minimum Gasteiger partial charge on any atom is -0.334 e. The van der Waals surface area contributed by atoms with Crippen LogP contribution >= 0.6 is 23.7 Å². The van der Waals surface area contributed by atoms with E-state index in [9.17, 15) is 4.79 Å². The van der Waals surface area contributed by atoms with Crippen LogP contribution in [0.15, 0.2) is 6.07 Å². The van der Waals surface area contributed by atoms with E-state index in [1.54, 1.807) is 11.3 Å². The van der Waals surface area contributed by atoms with Gasteiger partial charge >= 0.3 is 0 Å². The first-order valence-corrected chi connectivity index (χ1v) is 8.74. The van der Waals surface area contributed by atoms with Gasteiger partial charge in [-0.2, -0.15) is 0 Å². The van der Waals surface area contributed by atoms with Crippen LogP contribution in [0.25, 0.3) is 0 Å². The molecule has 1 fully saturated rings. The van der Waals surface area contributed by atoms with E-state index in [2.05, 4.69) is 6.07 Å². The molecule has 0 saturated carbocycles. The lowest BCUT2D eigenvalue weighted by atomic mass is 10.00. The number of carbonyl (C=O) groups excluding carboxylic acids is 1. The second kappa shape index (κ2) is 7.61. The Bertz CT molecular complexity index is 463. The molecule has 0 spiro atoms. The van der Waals surface area contributed by atoms with Gasteiger partial charge in [-0.3, -0.25) is 4.79 Å². The normalized spacial score (nSPS) is 22.1. The maximum absolute atomic E-state index is 12.7. The highest BCUT2D eigenvalue weighted by Gasteiger charge is 2.29. The van der Waals surface area contributed by atoms with Gasteiger partial charge in [-0.1, -0.05) is 12.8 Å². The van der Waals surface area contributed by atoms with E-state index in [0.29, 0.717) is 6.54 Å². The van der Waals surface area contributed by atoms with Crippen LogP contribution in [0.5, 0.6) is 0 Å². The molecule has 3 nitrogen and oxygen atoms in total. The maximum Gasteiger partial charge on any atom is 0.264 e. The molecule has 0 aromatic carbocycles. The molecule has 3 rings (SSSR count).